The highest BCUT2D eigenvalue weighted by Crippen LogP contribution is 2.30. The molecule has 1 aromatic heterocycles. The molecule has 1 aromatic carbocycles. The van der Waals surface area contributed by atoms with Gasteiger partial charge in [0.25, 0.3) is 0 Å². The fourth-order valence-corrected chi connectivity index (χ4v) is 2.73. The molecule has 2 nitrogen and oxygen atoms in total. The average Bonchev–Trinajstić information content (AvgIpc) is 2.85. The van der Waals surface area contributed by atoms with Gasteiger partial charge in [-0.2, -0.15) is 0 Å². The molecule has 1 aliphatic heterocycles. The zero-order valence-electron chi connectivity index (χ0n) is 11.8. The van der Waals surface area contributed by atoms with Gasteiger partial charge in [0.15, 0.2) is 0 Å². The van der Waals surface area contributed by atoms with E-state index in [1.165, 1.54) is 22.0 Å². The smallest absolute Gasteiger partial charge is 0.0461 e. The monoisotopic (exact) mass is 320 g/mol. The van der Waals surface area contributed by atoms with E-state index in [9.17, 15) is 0 Å². The van der Waals surface area contributed by atoms with Crippen LogP contribution in [0.5, 0.6) is 0 Å². The van der Waals surface area contributed by atoms with Gasteiger partial charge in [0.1, 0.15) is 0 Å². The van der Waals surface area contributed by atoms with Crippen LogP contribution in [0.15, 0.2) is 34.9 Å². The van der Waals surface area contributed by atoms with Crippen molar-refractivity contribution in [3.63, 3.8) is 0 Å². The number of aromatic amines is 1. The molecule has 1 aliphatic rings. The fraction of sp³-hybridized carbons (Fsp3) is 0.375. The predicted molar refractivity (Wildman–Crippen MR) is 87.4 cm³/mol. The van der Waals surface area contributed by atoms with E-state index in [0.717, 1.165) is 24.0 Å². The largest absolute Gasteiger partial charge is 0.361 e. The summed E-state index contributed by atoms with van der Waals surface area (Å²) in [6, 6.07) is 6.39. The molecule has 102 valence electrons. The number of nitrogens with one attached hydrogen (secondary N) is 1. The zero-order chi connectivity index (χ0) is 13.8. The Hall–Kier alpha value is -1.06. The molecule has 0 unspecified atom stereocenters. The second kappa shape index (κ2) is 6.40. The number of hydrogen-bond donors (Lipinski definition) is 1. The van der Waals surface area contributed by atoms with Gasteiger partial charge in [-0.05, 0) is 37.2 Å². The quantitative estimate of drug-likeness (QED) is 0.808. The maximum atomic E-state index is 3.54. The van der Waals surface area contributed by atoms with Gasteiger partial charge in [-0.3, -0.25) is 0 Å². The van der Waals surface area contributed by atoms with Crippen molar-refractivity contribution in [2.75, 3.05) is 20.1 Å². The van der Waals surface area contributed by atoms with Crippen LogP contribution in [-0.4, -0.2) is 30.0 Å². The Balaban J connectivity index is 0.000000637. The first-order valence-corrected chi connectivity index (χ1v) is 7.68. The first kappa shape index (κ1) is 14.4. The summed E-state index contributed by atoms with van der Waals surface area (Å²) in [6.07, 6.45) is 5.61. The van der Waals surface area contributed by atoms with E-state index in [0.29, 0.717) is 0 Å². The first-order valence-electron chi connectivity index (χ1n) is 6.88. The van der Waals surface area contributed by atoms with Crippen LogP contribution in [-0.2, 0) is 0 Å². The SMILES string of the molecule is CC.CN1CC=C(c2c[nH]c3ccc(Br)cc23)CC1. The van der Waals surface area contributed by atoms with Gasteiger partial charge in [0.05, 0.1) is 0 Å². The summed E-state index contributed by atoms with van der Waals surface area (Å²) in [7, 11) is 2.17. The number of rotatable bonds is 1. The number of likely N-dealkylation sites (N-methyl/N-ethyl adjacent to an activating group) is 1. The molecular weight excluding hydrogens is 300 g/mol. The molecular formula is C16H21BrN2. The lowest BCUT2D eigenvalue weighted by Gasteiger charge is -2.21. The maximum Gasteiger partial charge on any atom is 0.0461 e. The molecule has 1 N–H and O–H groups in total. The van der Waals surface area contributed by atoms with Crippen LogP contribution in [0, 0.1) is 0 Å². The van der Waals surface area contributed by atoms with Gasteiger partial charge in [0.2, 0.25) is 0 Å². The second-order valence-corrected chi connectivity index (χ2v) is 5.55. The number of nitrogens with zero attached hydrogens (tertiary/aromatic N) is 1. The minimum Gasteiger partial charge on any atom is -0.361 e. The number of benzene rings is 1. The Labute approximate surface area is 123 Å². The van der Waals surface area contributed by atoms with Gasteiger partial charge in [0, 0.05) is 40.2 Å². The summed E-state index contributed by atoms with van der Waals surface area (Å²) < 4.78 is 1.14. The van der Waals surface area contributed by atoms with Gasteiger partial charge >= 0.3 is 0 Å². The third kappa shape index (κ3) is 3.10. The lowest BCUT2D eigenvalue weighted by atomic mass is 9.99. The topological polar surface area (TPSA) is 19.0 Å². The number of H-pyrrole nitrogens is 1. The summed E-state index contributed by atoms with van der Waals surface area (Å²) in [5.74, 6) is 0. The Morgan fingerprint density at radius 1 is 1.26 bits per heavy atom. The highest BCUT2D eigenvalue weighted by atomic mass is 79.9. The zero-order valence-corrected chi connectivity index (χ0v) is 13.4. The molecule has 0 saturated carbocycles. The molecule has 0 fully saturated rings. The van der Waals surface area contributed by atoms with E-state index in [2.05, 4.69) is 63.3 Å². The predicted octanol–water partition coefficient (Wildman–Crippen LogP) is 4.68. The molecule has 2 heterocycles. The summed E-state index contributed by atoms with van der Waals surface area (Å²) in [5, 5.41) is 1.31. The first-order chi connectivity index (χ1) is 9.24. The Morgan fingerprint density at radius 3 is 2.74 bits per heavy atom. The Kier molecular flexibility index (Phi) is 4.83. The third-order valence-electron chi connectivity index (χ3n) is 3.40. The van der Waals surface area contributed by atoms with Crippen molar-refractivity contribution < 1.29 is 0 Å². The van der Waals surface area contributed by atoms with Gasteiger partial charge in [-0.25, -0.2) is 0 Å². The summed E-state index contributed by atoms with van der Waals surface area (Å²) >= 11 is 3.54. The van der Waals surface area contributed by atoms with E-state index in [4.69, 9.17) is 0 Å². The number of aromatic nitrogens is 1. The van der Waals surface area contributed by atoms with Crippen LogP contribution in [0.4, 0.5) is 0 Å². The number of halogens is 1. The second-order valence-electron chi connectivity index (χ2n) is 4.63. The highest BCUT2D eigenvalue weighted by Gasteiger charge is 2.13. The van der Waals surface area contributed by atoms with E-state index in [1.807, 2.05) is 13.8 Å². The lowest BCUT2D eigenvalue weighted by Crippen LogP contribution is -2.23. The average molecular weight is 321 g/mol. The van der Waals surface area contributed by atoms with Crippen molar-refractivity contribution in [2.24, 2.45) is 0 Å². The molecule has 0 aliphatic carbocycles. The van der Waals surface area contributed by atoms with E-state index in [1.54, 1.807) is 0 Å². The normalized spacial score (nSPS) is 15.9. The van der Waals surface area contributed by atoms with Crippen molar-refractivity contribution in [2.45, 2.75) is 20.3 Å². The third-order valence-corrected chi connectivity index (χ3v) is 3.90. The van der Waals surface area contributed by atoms with Crippen molar-refractivity contribution in [1.29, 1.82) is 0 Å². The molecule has 0 bridgehead atoms. The lowest BCUT2D eigenvalue weighted by molar-refractivity contribution is 0.370. The maximum absolute atomic E-state index is 3.54. The van der Waals surface area contributed by atoms with Crippen LogP contribution in [0.1, 0.15) is 25.8 Å². The van der Waals surface area contributed by atoms with E-state index in [-0.39, 0.29) is 0 Å². The minimum absolute atomic E-state index is 1.05. The van der Waals surface area contributed by atoms with Crippen molar-refractivity contribution >= 4 is 32.4 Å². The minimum atomic E-state index is 1.05. The van der Waals surface area contributed by atoms with Crippen LogP contribution in [0.3, 0.4) is 0 Å². The molecule has 0 radical (unpaired) electrons. The van der Waals surface area contributed by atoms with Crippen LogP contribution >= 0.6 is 15.9 Å². The van der Waals surface area contributed by atoms with E-state index < -0.39 is 0 Å². The highest BCUT2D eigenvalue weighted by molar-refractivity contribution is 9.10. The number of hydrogen-bond acceptors (Lipinski definition) is 1. The summed E-state index contributed by atoms with van der Waals surface area (Å²) in [4.78, 5) is 5.69. The van der Waals surface area contributed by atoms with Gasteiger partial charge in [-0.15, -0.1) is 0 Å². The molecule has 0 spiro atoms. The van der Waals surface area contributed by atoms with Crippen molar-refractivity contribution in [1.82, 2.24) is 9.88 Å². The van der Waals surface area contributed by atoms with Gasteiger partial charge in [-0.1, -0.05) is 35.9 Å². The number of fused-ring (bicyclic) bond motifs is 1. The standard InChI is InChI=1S/C14H15BrN2.C2H6/c1-17-6-4-10(5-7-17)13-9-16-14-3-2-11(15)8-12(13)14;1-2/h2-4,8-9,16H,5-7H2,1H3;1-2H3. The molecule has 0 saturated heterocycles. The van der Waals surface area contributed by atoms with E-state index >= 15 is 0 Å². The molecule has 3 heteroatoms. The van der Waals surface area contributed by atoms with Crippen molar-refractivity contribution in [3.8, 4) is 0 Å². The van der Waals surface area contributed by atoms with Crippen LogP contribution in [0.25, 0.3) is 16.5 Å². The Bertz CT molecular complexity index is 583. The fourth-order valence-electron chi connectivity index (χ4n) is 2.37. The summed E-state index contributed by atoms with van der Waals surface area (Å²) in [5.41, 5.74) is 4.03. The Morgan fingerprint density at radius 2 is 2.05 bits per heavy atom. The molecule has 0 atom stereocenters. The molecule has 2 aromatic rings. The molecule has 19 heavy (non-hydrogen) atoms. The van der Waals surface area contributed by atoms with Crippen LogP contribution in [0.2, 0.25) is 0 Å². The molecule has 3 rings (SSSR count). The van der Waals surface area contributed by atoms with Crippen LogP contribution < -0.4 is 0 Å². The summed E-state index contributed by atoms with van der Waals surface area (Å²) in [6.45, 7) is 6.20. The van der Waals surface area contributed by atoms with Crippen molar-refractivity contribution in [3.05, 3.63) is 40.5 Å². The van der Waals surface area contributed by atoms with Gasteiger partial charge < -0.3 is 9.88 Å². The molecule has 0 amide bonds.